The first kappa shape index (κ1) is 16.3. The number of nitrogens with one attached hydrogen (secondary N) is 2. The highest BCUT2D eigenvalue weighted by atomic mass is 16.2. The van der Waals surface area contributed by atoms with E-state index in [1.54, 1.807) is 0 Å². The molecule has 0 radical (unpaired) electrons. The van der Waals surface area contributed by atoms with Crippen LogP contribution in [0.4, 0.5) is 11.4 Å². The first-order valence-electron chi connectivity index (χ1n) is 7.62. The molecule has 0 bridgehead atoms. The van der Waals surface area contributed by atoms with Gasteiger partial charge in [-0.3, -0.25) is 9.59 Å². The summed E-state index contributed by atoms with van der Waals surface area (Å²) in [5.41, 5.74) is 1.71. The van der Waals surface area contributed by atoms with E-state index in [1.165, 1.54) is 6.92 Å². The average Bonchev–Trinajstić information content (AvgIpc) is 2.49. The van der Waals surface area contributed by atoms with Crippen molar-refractivity contribution < 1.29 is 9.59 Å². The number of amides is 2. The van der Waals surface area contributed by atoms with Gasteiger partial charge >= 0.3 is 0 Å². The van der Waals surface area contributed by atoms with Crippen molar-refractivity contribution in [1.29, 1.82) is 0 Å². The Bertz CT molecular complexity index is 507. The number of anilines is 2. The van der Waals surface area contributed by atoms with Gasteiger partial charge in [-0.25, -0.2) is 0 Å². The van der Waals surface area contributed by atoms with E-state index in [1.807, 2.05) is 29.2 Å². The van der Waals surface area contributed by atoms with Gasteiger partial charge in [0.2, 0.25) is 11.8 Å². The average molecular weight is 304 g/mol. The molecule has 0 saturated carbocycles. The largest absolute Gasteiger partial charge is 0.385 e. The summed E-state index contributed by atoms with van der Waals surface area (Å²) in [5.74, 6) is 0.119. The zero-order valence-corrected chi connectivity index (χ0v) is 13.3. The van der Waals surface area contributed by atoms with Crippen molar-refractivity contribution in [3.05, 3.63) is 24.3 Å². The van der Waals surface area contributed by atoms with E-state index < -0.39 is 0 Å². The molecule has 120 valence electrons. The summed E-state index contributed by atoms with van der Waals surface area (Å²) in [6.45, 7) is 5.63. The number of carbonyl (C=O) groups is 2. The molecule has 1 aromatic rings. The lowest BCUT2D eigenvalue weighted by Gasteiger charge is -2.32. The predicted octanol–water partition coefficient (Wildman–Crippen LogP) is 1.22. The maximum atomic E-state index is 12.1. The Labute approximate surface area is 131 Å². The molecule has 1 fully saturated rings. The van der Waals surface area contributed by atoms with E-state index in [2.05, 4.69) is 22.6 Å². The number of nitrogens with zero attached hydrogens (tertiary/aromatic N) is 2. The fraction of sp³-hybridized carbons (Fsp3) is 0.500. The zero-order chi connectivity index (χ0) is 15.9. The molecule has 2 amide bonds. The summed E-state index contributed by atoms with van der Waals surface area (Å²) in [5, 5.41) is 5.95. The van der Waals surface area contributed by atoms with Crippen molar-refractivity contribution in [2.24, 2.45) is 0 Å². The number of piperazine rings is 1. The highest BCUT2D eigenvalue weighted by Crippen LogP contribution is 2.13. The molecule has 6 nitrogen and oxygen atoms in total. The zero-order valence-electron chi connectivity index (χ0n) is 13.3. The quantitative estimate of drug-likeness (QED) is 0.858. The Balaban J connectivity index is 1.71. The molecule has 1 aliphatic heterocycles. The van der Waals surface area contributed by atoms with E-state index in [0.29, 0.717) is 13.0 Å². The fourth-order valence-electron chi connectivity index (χ4n) is 2.40. The molecule has 1 saturated heterocycles. The summed E-state index contributed by atoms with van der Waals surface area (Å²) in [6.07, 6.45) is 0.497. The van der Waals surface area contributed by atoms with Crippen LogP contribution >= 0.6 is 0 Å². The maximum Gasteiger partial charge on any atom is 0.224 e. The van der Waals surface area contributed by atoms with Gasteiger partial charge in [-0.1, -0.05) is 0 Å². The van der Waals surface area contributed by atoms with Crippen LogP contribution in [0.3, 0.4) is 0 Å². The third-order valence-corrected chi connectivity index (χ3v) is 3.73. The Morgan fingerprint density at radius 2 is 1.64 bits per heavy atom. The third kappa shape index (κ3) is 5.04. The minimum absolute atomic E-state index is 0.0847. The fourth-order valence-corrected chi connectivity index (χ4v) is 2.40. The molecule has 0 aliphatic carbocycles. The van der Waals surface area contributed by atoms with Crippen molar-refractivity contribution in [2.45, 2.75) is 13.3 Å². The minimum atomic E-state index is -0.0847. The van der Waals surface area contributed by atoms with E-state index in [-0.39, 0.29) is 11.8 Å². The molecular weight excluding hydrogens is 280 g/mol. The monoisotopic (exact) mass is 304 g/mol. The normalized spacial score (nSPS) is 15.5. The minimum Gasteiger partial charge on any atom is -0.385 e. The van der Waals surface area contributed by atoms with Gasteiger partial charge in [-0.05, 0) is 31.3 Å². The van der Waals surface area contributed by atoms with Crippen LogP contribution in [0.25, 0.3) is 0 Å². The van der Waals surface area contributed by atoms with Gasteiger partial charge in [-0.2, -0.15) is 0 Å². The topological polar surface area (TPSA) is 64.7 Å². The smallest absolute Gasteiger partial charge is 0.224 e. The molecule has 6 heteroatoms. The van der Waals surface area contributed by atoms with Crippen LogP contribution < -0.4 is 10.6 Å². The van der Waals surface area contributed by atoms with Crippen molar-refractivity contribution in [2.75, 3.05) is 50.4 Å². The number of hydrogen-bond donors (Lipinski definition) is 2. The molecular formula is C16H24N4O2. The number of benzene rings is 1. The van der Waals surface area contributed by atoms with Gasteiger partial charge < -0.3 is 20.4 Å². The Hall–Kier alpha value is -2.08. The summed E-state index contributed by atoms with van der Waals surface area (Å²) in [7, 11) is 2.08. The number of rotatable bonds is 5. The summed E-state index contributed by atoms with van der Waals surface area (Å²) in [6, 6.07) is 7.47. The molecule has 2 rings (SSSR count). The molecule has 0 spiro atoms. The standard InChI is InChI=1S/C16H24N4O2/c1-13(21)18-15-5-3-14(4-6-15)17-8-7-16(22)20-11-9-19(2)10-12-20/h3-6,17H,7-12H2,1-2H3,(H,18,21). The second kappa shape index (κ2) is 7.79. The third-order valence-electron chi connectivity index (χ3n) is 3.73. The highest BCUT2D eigenvalue weighted by Gasteiger charge is 2.18. The van der Waals surface area contributed by atoms with Crippen molar-refractivity contribution in [1.82, 2.24) is 9.80 Å². The van der Waals surface area contributed by atoms with Crippen LogP contribution in [0.15, 0.2) is 24.3 Å². The Kier molecular flexibility index (Phi) is 5.77. The van der Waals surface area contributed by atoms with Crippen LogP contribution in [0, 0.1) is 0 Å². The Morgan fingerprint density at radius 3 is 2.23 bits per heavy atom. The van der Waals surface area contributed by atoms with Crippen molar-refractivity contribution in [3.63, 3.8) is 0 Å². The highest BCUT2D eigenvalue weighted by molar-refractivity contribution is 5.88. The summed E-state index contributed by atoms with van der Waals surface area (Å²) in [4.78, 5) is 27.2. The number of likely N-dealkylation sites (N-methyl/N-ethyl adjacent to an activating group) is 1. The SMILES string of the molecule is CC(=O)Nc1ccc(NCCC(=O)N2CCN(C)CC2)cc1. The predicted molar refractivity (Wildman–Crippen MR) is 87.9 cm³/mol. The van der Waals surface area contributed by atoms with Gasteiger partial charge in [0.05, 0.1) is 0 Å². The van der Waals surface area contributed by atoms with Gasteiger partial charge in [0.1, 0.15) is 0 Å². The first-order chi connectivity index (χ1) is 10.5. The van der Waals surface area contributed by atoms with Gasteiger partial charge in [0.25, 0.3) is 0 Å². The summed E-state index contributed by atoms with van der Waals surface area (Å²) < 4.78 is 0. The van der Waals surface area contributed by atoms with Gasteiger partial charge in [0, 0.05) is 57.4 Å². The second-order valence-corrected chi connectivity index (χ2v) is 5.62. The maximum absolute atomic E-state index is 12.1. The number of carbonyl (C=O) groups excluding carboxylic acids is 2. The van der Waals surface area contributed by atoms with Crippen LogP contribution in [-0.4, -0.2) is 61.4 Å². The first-order valence-corrected chi connectivity index (χ1v) is 7.62. The summed E-state index contributed by atoms with van der Waals surface area (Å²) >= 11 is 0. The van der Waals surface area contributed by atoms with Crippen molar-refractivity contribution in [3.8, 4) is 0 Å². The lowest BCUT2D eigenvalue weighted by Crippen LogP contribution is -2.47. The van der Waals surface area contributed by atoms with Crippen molar-refractivity contribution >= 4 is 23.2 Å². The Morgan fingerprint density at radius 1 is 1.05 bits per heavy atom. The molecule has 1 aromatic carbocycles. The second-order valence-electron chi connectivity index (χ2n) is 5.62. The van der Waals surface area contributed by atoms with Crippen LogP contribution in [0.5, 0.6) is 0 Å². The van der Waals surface area contributed by atoms with Crippen LogP contribution in [0.2, 0.25) is 0 Å². The van der Waals surface area contributed by atoms with E-state index >= 15 is 0 Å². The van der Waals surface area contributed by atoms with E-state index in [4.69, 9.17) is 0 Å². The van der Waals surface area contributed by atoms with E-state index in [0.717, 1.165) is 37.6 Å². The molecule has 1 aliphatic rings. The lowest BCUT2D eigenvalue weighted by atomic mass is 10.2. The molecule has 1 heterocycles. The molecule has 22 heavy (non-hydrogen) atoms. The van der Waals surface area contributed by atoms with Gasteiger partial charge in [0.15, 0.2) is 0 Å². The molecule has 2 N–H and O–H groups in total. The lowest BCUT2D eigenvalue weighted by molar-refractivity contribution is -0.132. The molecule has 0 unspecified atom stereocenters. The van der Waals surface area contributed by atoms with Crippen LogP contribution in [0.1, 0.15) is 13.3 Å². The van der Waals surface area contributed by atoms with Crippen LogP contribution in [-0.2, 0) is 9.59 Å². The number of hydrogen-bond acceptors (Lipinski definition) is 4. The molecule has 0 atom stereocenters. The van der Waals surface area contributed by atoms with E-state index in [9.17, 15) is 9.59 Å². The molecule has 0 aromatic heterocycles. The van der Waals surface area contributed by atoms with Gasteiger partial charge in [-0.15, -0.1) is 0 Å².